The molecule has 1 aliphatic rings. The molecule has 1 fully saturated rings. The average Bonchev–Trinajstić information content (AvgIpc) is 3.49. The van der Waals surface area contributed by atoms with Gasteiger partial charge in [-0.2, -0.15) is 5.10 Å². The van der Waals surface area contributed by atoms with Crippen molar-refractivity contribution in [3.8, 4) is 11.3 Å². The first-order chi connectivity index (χ1) is 16.2. The van der Waals surface area contributed by atoms with Gasteiger partial charge in [0.25, 0.3) is 5.91 Å². The number of fused-ring (bicyclic) bond motifs is 1. The summed E-state index contributed by atoms with van der Waals surface area (Å²) in [4.78, 5) is 15.0. The SMILES string of the molecule is Cc1nn([C@@H]2CCS(=O)(=O)C2)c(C)c1CN(C)C(=O)c1ccc2noc(-c3ccccc3)c2c1. The summed E-state index contributed by atoms with van der Waals surface area (Å²) in [6, 6.07) is 14.9. The minimum atomic E-state index is -3.01. The Morgan fingerprint density at radius 1 is 1.18 bits per heavy atom. The maximum atomic E-state index is 13.3. The molecular formula is C25H26N4O4S. The Morgan fingerprint density at radius 3 is 2.65 bits per heavy atom. The molecule has 34 heavy (non-hydrogen) atoms. The van der Waals surface area contributed by atoms with Crippen LogP contribution >= 0.6 is 0 Å². The third-order valence-electron chi connectivity index (χ3n) is 6.53. The number of aromatic nitrogens is 3. The lowest BCUT2D eigenvalue weighted by Gasteiger charge is -2.18. The lowest BCUT2D eigenvalue weighted by atomic mass is 10.1. The van der Waals surface area contributed by atoms with Crippen molar-refractivity contribution in [3.05, 3.63) is 71.0 Å². The molecular weight excluding hydrogens is 452 g/mol. The van der Waals surface area contributed by atoms with Crippen LogP contribution in [0.1, 0.15) is 39.8 Å². The largest absolute Gasteiger partial charge is 0.355 e. The van der Waals surface area contributed by atoms with Crippen molar-refractivity contribution in [2.75, 3.05) is 18.6 Å². The molecule has 5 rings (SSSR count). The molecule has 1 amide bonds. The maximum Gasteiger partial charge on any atom is 0.253 e. The lowest BCUT2D eigenvalue weighted by molar-refractivity contribution is 0.0785. The van der Waals surface area contributed by atoms with Gasteiger partial charge in [0.1, 0.15) is 5.52 Å². The van der Waals surface area contributed by atoms with Gasteiger partial charge in [-0.15, -0.1) is 0 Å². The minimum Gasteiger partial charge on any atom is -0.355 e. The predicted octanol–water partition coefficient (Wildman–Crippen LogP) is 3.94. The van der Waals surface area contributed by atoms with E-state index in [4.69, 9.17) is 4.52 Å². The number of hydrogen-bond donors (Lipinski definition) is 0. The van der Waals surface area contributed by atoms with Crippen LogP contribution in [0.2, 0.25) is 0 Å². The fourth-order valence-electron chi connectivity index (χ4n) is 4.65. The summed E-state index contributed by atoms with van der Waals surface area (Å²) < 4.78 is 31.2. The molecule has 2 aromatic carbocycles. The fourth-order valence-corrected chi connectivity index (χ4v) is 6.34. The van der Waals surface area contributed by atoms with Crippen molar-refractivity contribution in [1.29, 1.82) is 0 Å². The second kappa shape index (κ2) is 8.39. The number of nitrogens with zero attached hydrogens (tertiary/aromatic N) is 4. The number of sulfone groups is 1. The monoisotopic (exact) mass is 478 g/mol. The van der Waals surface area contributed by atoms with E-state index in [0.717, 1.165) is 27.9 Å². The second-order valence-corrected chi connectivity index (χ2v) is 11.2. The molecule has 1 saturated heterocycles. The van der Waals surface area contributed by atoms with Gasteiger partial charge in [-0.3, -0.25) is 9.48 Å². The third-order valence-corrected chi connectivity index (χ3v) is 8.28. The van der Waals surface area contributed by atoms with E-state index in [1.165, 1.54) is 0 Å². The van der Waals surface area contributed by atoms with Gasteiger partial charge in [-0.05, 0) is 38.5 Å². The van der Waals surface area contributed by atoms with Crippen LogP contribution in [0.25, 0.3) is 22.2 Å². The summed E-state index contributed by atoms with van der Waals surface area (Å²) in [6.45, 7) is 4.22. The zero-order chi connectivity index (χ0) is 24.0. The first kappa shape index (κ1) is 22.3. The smallest absolute Gasteiger partial charge is 0.253 e. The zero-order valence-electron chi connectivity index (χ0n) is 19.4. The number of hydrogen-bond acceptors (Lipinski definition) is 6. The van der Waals surface area contributed by atoms with Gasteiger partial charge in [0.15, 0.2) is 15.6 Å². The Morgan fingerprint density at radius 2 is 1.94 bits per heavy atom. The lowest BCUT2D eigenvalue weighted by Crippen LogP contribution is -2.26. The standard InChI is InChI=1S/C25H26N4O4S/c1-16-22(17(2)29(26-16)20-11-12-34(31,32)15-20)14-28(3)25(30)19-9-10-23-21(13-19)24(33-27-23)18-7-5-4-6-8-18/h4-10,13,20H,11-12,14-15H2,1-3H3/t20-/m1/s1. The highest BCUT2D eigenvalue weighted by atomic mass is 32.2. The van der Waals surface area contributed by atoms with Crippen LogP contribution in [0.3, 0.4) is 0 Å². The Labute approximate surface area is 198 Å². The van der Waals surface area contributed by atoms with Gasteiger partial charge in [0.2, 0.25) is 0 Å². The minimum absolute atomic E-state index is 0.117. The van der Waals surface area contributed by atoms with Gasteiger partial charge in [-0.1, -0.05) is 35.5 Å². The molecule has 9 heteroatoms. The van der Waals surface area contributed by atoms with Gasteiger partial charge >= 0.3 is 0 Å². The van der Waals surface area contributed by atoms with Crippen LogP contribution in [-0.2, 0) is 16.4 Å². The molecule has 2 aromatic heterocycles. The number of aryl methyl sites for hydroxylation is 1. The molecule has 1 atom stereocenters. The summed E-state index contributed by atoms with van der Waals surface area (Å²) >= 11 is 0. The van der Waals surface area contributed by atoms with E-state index in [-0.39, 0.29) is 23.5 Å². The van der Waals surface area contributed by atoms with Gasteiger partial charge < -0.3 is 9.42 Å². The molecule has 8 nitrogen and oxygen atoms in total. The summed E-state index contributed by atoms with van der Waals surface area (Å²) in [5.41, 5.74) is 4.78. The predicted molar refractivity (Wildman–Crippen MR) is 129 cm³/mol. The van der Waals surface area contributed by atoms with E-state index in [0.29, 0.717) is 29.8 Å². The Bertz CT molecular complexity index is 1490. The Kier molecular flexibility index (Phi) is 5.51. The molecule has 0 N–H and O–H groups in total. The number of carbonyl (C=O) groups is 1. The molecule has 0 radical (unpaired) electrons. The quantitative estimate of drug-likeness (QED) is 0.431. The van der Waals surface area contributed by atoms with Gasteiger partial charge in [-0.25, -0.2) is 8.42 Å². The van der Waals surface area contributed by atoms with Crippen LogP contribution in [0, 0.1) is 13.8 Å². The summed E-state index contributed by atoms with van der Waals surface area (Å²) in [7, 11) is -1.25. The second-order valence-electron chi connectivity index (χ2n) is 8.92. The third kappa shape index (κ3) is 4.00. The first-order valence-corrected chi connectivity index (χ1v) is 13.0. The Hall–Kier alpha value is -3.46. The van der Waals surface area contributed by atoms with Crippen molar-refractivity contribution >= 4 is 26.6 Å². The van der Waals surface area contributed by atoms with Crippen LogP contribution in [0.4, 0.5) is 0 Å². The van der Waals surface area contributed by atoms with Crippen molar-refractivity contribution in [3.63, 3.8) is 0 Å². The highest BCUT2D eigenvalue weighted by Gasteiger charge is 2.31. The van der Waals surface area contributed by atoms with E-state index < -0.39 is 9.84 Å². The fraction of sp³-hybridized carbons (Fsp3) is 0.320. The van der Waals surface area contributed by atoms with E-state index in [1.807, 2.05) is 54.9 Å². The molecule has 0 spiro atoms. The highest BCUT2D eigenvalue weighted by Crippen LogP contribution is 2.30. The number of rotatable bonds is 5. The van der Waals surface area contributed by atoms with Crippen molar-refractivity contribution in [2.45, 2.75) is 32.9 Å². The summed E-state index contributed by atoms with van der Waals surface area (Å²) in [5, 5.41) is 9.53. The summed E-state index contributed by atoms with van der Waals surface area (Å²) in [5.74, 6) is 0.815. The number of carbonyl (C=O) groups excluding carboxylic acids is 1. The first-order valence-electron chi connectivity index (χ1n) is 11.2. The Balaban J connectivity index is 1.40. The van der Waals surface area contributed by atoms with Crippen molar-refractivity contribution in [1.82, 2.24) is 19.8 Å². The van der Waals surface area contributed by atoms with Gasteiger partial charge in [0.05, 0.1) is 28.6 Å². The summed E-state index contributed by atoms with van der Waals surface area (Å²) in [6.07, 6.45) is 0.570. The normalized spacial score (nSPS) is 17.3. The molecule has 1 aliphatic heterocycles. The topological polar surface area (TPSA) is 98.3 Å². The van der Waals surface area contributed by atoms with Crippen LogP contribution in [-0.4, -0.2) is 52.7 Å². The highest BCUT2D eigenvalue weighted by molar-refractivity contribution is 7.91. The number of amides is 1. The molecule has 0 saturated carbocycles. The van der Waals surface area contributed by atoms with E-state index in [2.05, 4.69) is 10.3 Å². The van der Waals surface area contributed by atoms with E-state index >= 15 is 0 Å². The average molecular weight is 479 g/mol. The molecule has 0 bridgehead atoms. The molecule has 176 valence electrons. The van der Waals surface area contributed by atoms with E-state index in [9.17, 15) is 13.2 Å². The zero-order valence-corrected chi connectivity index (χ0v) is 20.2. The van der Waals surface area contributed by atoms with Gasteiger partial charge in [0, 0.05) is 36.0 Å². The maximum absolute atomic E-state index is 13.3. The van der Waals surface area contributed by atoms with E-state index in [1.54, 1.807) is 24.1 Å². The van der Waals surface area contributed by atoms with Crippen LogP contribution in [0.15, 0.2) is 53.1 Å². The van der Waals surface area contributed by atoms with Crippen molar-refractivity contribution < 1.29 is 17.7 Å². The van der Waals surface area contributed by atoms with Crippen molar-refractivity contribution in [2.24, 2.45) is 0 Å². The number of benzene rings is 2. The van der Waals surface area contributed by atoms with Crippen LogP contribution in [0.5, 0.6) is 0 Å². The molecule has 0 unspecified atom stereocenters. The molecule has 0 aliphatic carbocycles. The molecule has 4 aromatic rings. The van der Waals surface area contributed by atoms with Crippen LogP contribution < -0.4 is 0 Å². The molecule has 3 heterocycles.